The molecule has 0 aliphatic heterocycles. The van der Waals surface area contributed by atoms with E-state index in [1.807, 2.05) is 6.92 Å². The first-order chi connectivity index (χ1) is 9.95. The van der Waals surface area contributed by atoms with Gasteiger partial charge < -0.3 is 20.8 Å². The van der Waals surface area contributed by atoms with Crippen molar-refractivity contribution in [2.45, 2.75) is 26.3 Å². The van der Waals surface area contributed by atoms with Gasteiger partial charge in [-0.2, -0.15) is 11.8 Å². The van der Waals surface area contributed by atoms with Gasteiger partial charge in [0.15, 0.2) is 5.75 Å². The largest absolute Gasteiger partial charge is 0.505 e. The molecule has 0 saturated carbocycles. The molecular weight excluding hydrogens is 292 g/mol. The number of hydrogen-bond donors (Lipinski definition) is 4. The second-order valence-corrected chi connectivity index (χ2v) is 5.89. The summed E-state index contributed by atoms with van der Waals surface area (Å²) in [5.41, 5.74) is -0.178. The van der Waals surface area contributed by atoms with Gasteiger partial charge >= 0.3 is 12.0 Å². The lowest BCUT2D eigenvalue weighted by Crippen LogP contribution is -2.36. The van der Waals surface area contributed by atoms with Crippen LogP contribution in [0.5, 0.6) is 5.75 Å². The van der Waals surface area contributed by atoms with Crippen LogP contribution >= 0.6 is 11.8 Å². The molecule has 0 saturated heterocycles. The van der Waals surface area contributed by atoms with Crippen LogP contribution in [-0.2, 0) is 0 Å². The van der Waals surface area contributed by atoms with Crippen molar-refractivity contribution in [2.75, 3.05) is 16.8 Å². The van der Waals surface area contributed by atoms with Crippen LogP contribution in [0.15, 0.2) is 18.2 Å². The fraction of sp³-hybridized carbons (Fsp3) is 0.429. The Kier molecular flexibility index (Phi) is 6.87. The van der Waals surface area contributed by atoms with Gasteiger partial charge in [-0.15, -0.1) is 0 Å². The van der Waals surface area contributed by atoms with E-state index < -0.39 is 17.7 Å². The molecule has 0 aromatic heterocycles. The molecule has 0 radical (unpaired) electrons. The van der Waals surface area contributed by atoms with E-state index in [4.69, 9.17) is 5.11 Å². The van der Waals surface area contributed by atoms with Crippen LogP contribution in [0.25, 0.3) is 0 Å². The third kappa shape index (κ3) is 5.55. The number of benzene rings is 1. The minimum Gasteiger partial charge on any atom is -0.505 e. The topological polar surface area (TPSA) is 98.7 Å². The summed E-state index contributed by atoms with van der Waals surface area (Å²) < 4.78 is 0. The van der Waals surface area contributed by atoms with Gasteiger partial charge in [0.2, 0.25) is 0 Å². The van der Waals surface area contributed by atoms with Crippen molar-refractivity contribution >= 4 is 29.4 Å². The molecule has 1 aromatic carbocycles. The van der Waals surface area contributed by atoms with Crippen LogP contribution in [0.3, 0.4) is 0 Å². The number of amides is 2. The van der Waals surface area contributed by atoms with E-state index in [9.17, 15) is 14.7 Å². The Morgan fingerprint density at radius 1 is 1.38 bits per heavy atom. The second-order valence-electron chi connectivity index (χ2n) is 4.49. The first kappa shape index (κ1) is 17.2. The van der Waals surface area contributed by atoms with Crippen molar-refractivity contribution in [1.82, 2.24) is 5.32 Å². The van der Waals surface area contributed by atoms with Crippen LogP contribution in [0.2, 0.25) is 0 Å². The van der Waals surface area contributed by atoms with Gasteiger partial charge in [0, 0.05) is 6.04 Å². The molecule has 116 valence electrons. The molecule has 0 heterocycles. The monoisotopic (exact) mass is 312 g/mol. The van der Waals surface area contributed by atoms with Gasteiger partial charge in [-0.25, -0.2) is 9.59 Å². The molecule has 7 heteroatoms. The van der Waals surface area contributed by atoms with E-state index >= 15 is 0 Å². The fourth-order valence-electron chi connectivity index (χ4n) is 1.68. The zero-order valence-corrected chi connectivity index (χ0v) is 12.9. The molecule has 1 rings (SSSR count). The summed E-state index contributed by atoms with van der Waals surface area (Å²) in [4.78, 5) is 22.7. The molecule has 0 bridgehead atoms. The quantitative estimate of drug-likeness (QED) is 0.458. The van der Waals surface area contributed by atoms with Gasteiger partial charge in [0.05, 0.1) is 5.69 Å². The summed E-state index contributed by atoms with van der Waals surface area (Å²) in [5, 5.41) is 23.9. The Labute approximate surface area is 127 Å². The number of para-hydroxylation sites is 1. The lowest BCUT2D eigenvalue weighted by molar-refractivity contribution is 0.0693. The van der Waals surface area contributed by atoms with Crippen molar-refractivity contribution in [2.24, 2.45) is 0 Å². The van der Waals surface area contributed by atoms with Crippen molar-refractivity contribution in [3.05, 3.63) is 23.8 Å². The molecule has 0 aliphatic rings. The average Bonchev–Trinajstić information content (AvgIpc) is 2.41. The average molecular weight is 312 g/mol. The van der Waals surface area contributed by atoms with Crippen molar-refractivity contribution < 1.29 is 19.8 Å². The van der Waals surface area contributed by atoms with Crippen molar-refractivity contribution in [3.63, 3.8) is 0 Å². The van der Waals surface area contributed by atoms with Gasteiger partial charge in [-0.1, -0.05) is 13.0 Å². The molecule has 1 unspecified atom stereocenters. The highest BCUT2D eigenvalue weighted by Gasteiger charge is 2.15. The number of rotatable bonds is 7. The maximum absolute atomic E-state index is 11.8. The molecule has 2 amide bonds. The Morgan fingerprint density at radius 2 is 2.10 bits per heavy atom. The SMILES string of the molecule is CCSCCC(C)NC(=O)Nc1cccc(C(=O)O)c1O. The third-order valence-corrected chi connectivity index (χ3v) is 3.72. The Balaban J connectivity index is 2.59. The normalized spacial score (nSPS) is 11.7. The minimum atomic E-state index is -1.25. The maximum Gasteiger partial charge on any atom is 0.339 e. The van der Waals surface area contributed by atoms with Crippen LogP contribution in [0.1, 0.15) is 30.6 Å². The van der Waals surface area contributed by atoms with Crippen LogP contribution < -0.4 is 10.6 Å². The number of thioether (sulfide) groups is 1. The molecule has 1 aromatic rings. The van der Waals surface area contributed by atoms with E-state index in [1.54, 1.807) is 11.8 Å². The fourth-order valence-corrected chi connectivity index (χ4v) is 2.48. The summed E-state index contributed by atoms with van der Waals surface area (Å²) in [6, 6.07) is 3.69. The van der Waals surface area contributed by atoms with E-state index in [-0.39, 0.29) is 17.3 Å². The molecule has 1 atom stereocenters. The Morgan fingerprint density at radius 3 is 2.71 bits per heavy atom. The number of anilines is 1. The molecule has 0 fully saturated rings. The lowest BCUT2D eigenvalue weighted by Gasteiger charge is -2.15. The van der Waals surface area contributed by atoms with Crippen LogP contribution in [-0.4, -0.2) is 39.8 Å². The molecule has 0 spiro atoms. The number of carbonyl (C=O) groups excluding carboxylic acids is 1. The predicted octanol–water partition coefficient (Wildman–Crippen LogP) is 2.74. The number of hydrogen-bond acceptors (Lipinski definition) is 4. The third-order valence-electron chi connectivity index (χ3n) is 2.79. The molecule has 6 nitrogen and oxygen atoms in total. The molecular formula is C14H20N2O4S. The van der Waals surface area contributed by atoms with E-state index in [1.165, 1.54) is 18.2 Å². The molecule has 21 heavy (non-hydrogen) atoms. The molecule has 0 aliphatic carbocycles. The van der Waals surface area contributed by atoms with Crippen LogP contribution in [0.4, 0.5) is 10.5 Å². The highest BCUT2D eigenvalue weighted by molar-refractivity contribution is 7.99. The van der Waals surface area contributed by atoms with Crippen molar-refractivity contribution in [1.29, 1.82) is 0 Å². The summed E-state index contributed by atoms with van der Waals surface area (Å²) in [7, 11) is 0. The van der Waals surface area contributed by atoms with Gasteiger partial charge in [0.1, 0.15) is 5.56 Å². The summed E-state index contributed by atoms with van der Waals surface area (Å²) in [6.07, 6.45) is 0.840. The number of carboxylic acid groups (broad SMARTS) is 1. The highest BCUT2D eigenvalue weighted by Crippen LogP contribution is 2.27. The number of aromatic hydroxyl groups is 1. The first-order valence-electron chi connectivity index (χ1n) is 6.66. The minimum absolute atomic E-state index is 0.00570. The predicted molar refractivity (Wildman–Crippen MR) is 84.3 cm³/mol. The number of phenols is 1. The number of nitrogens with one attached hydrogen (secondary N) is 2. The maximum atomic E-state index is 11.8. The summed E-state index contributed by atoms with van der Waals surface area (Å²) in [5.74, 6) is 0.294. The van der Waals surface area contributed by atoms with E-state index in [0.29, 0.717) is 0 Å². The number of urea groups is 1. The standard InChI is InChI=1S/C14H20N2O4S/c1-3-21-8-7-9(2)15-14(20)16-11-6-4-5-10(12(11)17)13(18)19/h4-6,9,17H,3,7-8H2,1-2H3,(H,18,19)(H2,15,16,20). The number of aromatic carboxylic acids is 1. The zero-order valence-electron chi connectivity index (χ0n) is 12.0. The number of carbonyl (C=O) groups is 2. The zero-order chi connectivity index (χ0) is 15.8. The Hall–Kier alpha value is -1.89. The number of carboxylic acids is 1. The summed E-state index contributed by atoms with van der Waals surface area (Å²) in [6.45, 7) is 3.97. The van der Waals surface area contributed by atoms with E-state index in [0.717, 1.165) is 17.9 Å². The van der Waals surface area contributed by atoms with Gasteiger partial charge in [0.25, 0.3) is 0 Å². The van der Waals surface area contributed by atoms with Gasteiger partial charge in [-0.05, 0) is 37.0 Å². The lowest BCUT2D eigenvalue weighted by atomic mass is 10.1. The Bertz CT molecular complexity index is 508. The smallest absolute Gasteiger partial charge is 0.339 e. The van der Waals surface area contributed by atoms with Crippen LogP contribution in [0, 0.1) is 0 Å². The highest BCUT2D eigenvalue weighted by atomic mass is 32.2. The van der Waals surface area contributed by atoms with Gasteiger partial charge in [-0.3, -0.25) is 0 Å². The first-order valence-corrected chi connectivity index (χ1v) is 7.81. The second kappa shape index (κ2) is 8.41. The van der Waals surface area contributed by atoms with Crippen molar-refractivity contribution in [3.8, 4) is 5.75 Å². The van der Waals surface area contributed by atoms with E-state index in [2.05, 4.69) is 17.6 Å². The molecule has 4 N–H and O–H groups in total. The summed E-state index contributed by atoms with van der Waals surface area (Å²) >= 11 is 1.80.